The third-order valence-corrected chi connectivity index (χ3v) is 6.16. The molecule has 5 heterocycles. The van der Waals surface area contributed by atoms with E-state index in [1.165, 1.54) is 47.8 Å². The maximum Gasteiger partial charge on any atom is 0.265 e. The SMILES string of the molecule is COc1cnc(Cl)cc1-c1cc(C)ncc1C(=O)Nc1nc2cn(C(=O)c3cn[nH]c3)cc2s1. The van der Waals surface area contributed by atoms with Gasteiger partial charge in [-0.1, -0.05) is 22.9 Å². The van der Waals surface area contributed by atoms with Gasteiger partial charge in [-0.3, -0.25) is 29.6 Å². The molecule has 0 fully saturated rings. The molecule has 2 N–H and O–H groups in total. The number of pyridine rings is 2. The number of rotatable bonds is 5. The first-order chi connectivity index (χ1) is 16.4. The van der Waals surface area contributed by atoms with Crippen LogP contribution >= 0.6 is 22.9 Å². The summed E-state index contributed by atoms with van der Waals surface area (Å²) in [5.41, 5.74) is 3.29. The summed E-state index contributed by atoms with van der Waals surface area (Å²) in [5.74, 6) is -0.148. The predicted octanol–water partition coefficient (Wildman–Crippen LogP) is 4.19. The van der Waals surface area contributed by atoms with Crippen molar-refractivity contribution in [1.82, 2.24) is 29.7 Å². The first-order valence-electron chi connectivity index (χ1n) is 9.93. The summed E-state index contributed by atoms with van der Waals surface area (Å²) >= 11 is 7.36. The highest BCUT2D eigenvalue weighted by Gasteiger charge is 2.20. The molecule has 0 unspecified atom stereocenters. The van der Waals surface area contributed by atoms with Crippen molar-refractivity contribution in [3.05, 3.63) is 71.3 Å². The Balaban J connectivity index is 1.44. The van der Waals surface area contributed by atoms with E-state index in [2.05, 4.69) is 30.5 Å². The molecule has 0 aromatic carbocycles. The number of anilines is 1. The molecule has 10 nitrogen and oxygen atoms in total. The van der Waals surface area contributed by atoms with Gasteiger partial charge in [0.15, 0.2) is 5.13 Å². The normalized spacial score (nSPS) is 11.0. The number of fused-ring (bicyclic) bond motifs is 1. The van der Waals surface area contributed by atoms with Crippen LogP contribution in [0.1, 0.15) is 26.4 Å². The van der Waals surface area contributed by atoms with Crippen molar-refractivity contribution in [3.63, 3.8) is 0 Å². The Morgan fingerprint density at radius 1 is 1.15 bits per heavy atom. The number of thiazole rings is 1. The smallest absolute Gasteiger partial charge is 0.265 e. The third kappa shape index (κ3) is 4.02. The van der Waals surface area contributed by atoms with Gasteiger partial charge in [0.25, 0.3) is 11.8 Å². The number of aromatic amines is 1. The van der Waals surface area contributed by atoms with Crippen LogP contribution in [0.2, 0.25) is 5.15 Å². The Bertz CT molecular complexity index is 1510. The number of nitrogens with one attached hydrogen (secondary N) is 2. The van der Waals surface area contributed by atoms with Crippen molar-refractivity contribution in [2.45, 2.75) is 6.92 Å². The molecule has 0 radical (unpaired) electrons. The van der Waals surface area contributed by atoms with E-state index in [9.17, 15) is 9.59 Å². The van der Waals surface area contributed by atoms with E-state index in [0.717, 1.165) is 10.4 Å². The molecule has 34 heavy (non-hydrogen) atoms. The molecule has 0 saturated carbocycles. The zero-order chi connectivity index (χ0) is 23.8. The molecular formula is C22H16ClN7O3S. The van der Waals surface area contributed by atoms with Crippen LogP contribution in [0.15, 0.2) is 49.3 Å². The van der Waals surface area contributed by atoms with Crippen LogP contribution in [0.25, 0.3) is 21.3 Å². The Morgan fingerprint density at radius 2 is 2.00 bits per heavy atom. The highest BCUT2D eigenvalue weighted by atomic mass is 35.5. The lowest BCUT2D eigenvalue weighted by atomic mass is 10.0. The van der Waals surface area contributed by atoms with E-state index < -0.39 is 5.91 Å². The second-order valence-electron chi connectivity index (χ2n) is 7.26. The van der Waals surface area contributed by atoms with E-state index in [1.807, 2.05) is 6.92 Å². The van der Waals surface area contributed by atoms with E-state index in [-0.39, 0.29) is 11.1 Å². The summed E-state index contributed by atoms with van der Waals surface area (Å²) in [6.07, 6.45) is 9.25. The van der Waals surface area contributed by atoms with Crippen LogP contribution in [0.3, 0.4) is 0 Å². The number of nitrogens with zero attached hydrogens (tertiary/aromatic N) is 5. The van der Waals surface area contributed by atoms with Gasteiger partial charge in [-0.05, 0) is 19.1 Å². The van der Waals surface area contributed by atoms with Gasteiger partial charge in [0, 0.05) is 41.6 Å². The third-order valence-electron chi connectivity index (χ3n) is 5.03. The number of H-pyrrole nitrogens is 1. The first kappa shape index (κ1) is 21.7. The van der Waals surface area contributed by atoms with E-state index in [4.69, 9.17) is 16.3 Å². The number of aromatic nitrogens is 6. The van der Waals surface area contributed by atoms with Crippen molar-refractivity contribution >= 4 is 50.1 Å². The minimum absolute atomic E-state index is 0.232. The number of aryl methyl sites for hydroxylation is 1. The van der Waals surface area contributed by atoms with Crippen LogP contribution in [0.5, 0.6) is 5.75 Å². The average Bonchev–Trinajstić information content (AvgIpc) is 3.55. The summed E-state index contributed by atoms with van der Waals surface area (Å²) in [6.45, 7) is 1.83. The monoisotopic (exact) mass is 493 g/mol. The average molecular weight is 494 g/mol. The van der Waals surface area contributed by atoms with E-state index in [1.54, 1.807) is 24.5 Å². The van der Waals surface area contributed by atoms with Gasteiger partial charge in [0.2, 0.25) is 0 Å². The topological polar surface area (TPSA) is 128 Å². The molecule has 0 saturated heterocycles. The second-order valence-corrected chi connectivity index (χ2v) is 8.68. The molecule has 0 aliphatic heterocycles. The zero-order valence-electron chi connectivity index (χ0n) is 17.9. The predicted molar refractivity (Wildman–Crippen MR) is 128 cm³/mol. The van der Waals surface area contributed by atoms with Crippen molar-refractivity contribution in [2.75, 3.05) is 12.4 Å². The molecule has 0 aliphatic rings. The van der Waals surface area contributed by atoms with Crippen LogP contribution < -0.4 is 10.1 Å². The lowest BCUT2D eigenvalue weighted by Gasteiger charge is -2.13. The standard InChI is InChI=1S/C22H16ClN7O3S/c1-11-3-13(14-4-19(23)25-8-17(14)33-2)15(7-24-11)20(31)29-22-28-16-9-30(10-18(16)34-22)21(32)12-5-26-27-6-12/h3-10H,1-2H3,(H,26,27)(H,28,29,31). The summed E-state index contributed by atoms with van der Waals surface area (Å²) < 4.78 is 7.60. The number of hydrogen-bond acceptors (Lipinski definition) is 8. The highest BCUT2D eigenvalue weighted by Crippen LogP contribution is 2.34. The molecule has 0 spiro atoms. The van der Waals surface area contributed by atoms with Crippen molar-refractivity contribution in [3.8, 4) is 16.9 Å². The van der Waals surface area contributed by atoms with Gasteiger partial charge < -0.3 is 4.74 Å². The lowest BCUT2D eigenvalue weighted by Crippen LogP contribution is -2.14. The Kier molecular flexibility index (Phi) is 5.56. The van der Waals surface area contributed by atoms with Gasteiger partial charge in [-0.25, -0.2) is 9.97 Å². The molecule has 0 bridgehead atoms. The molecule has 5 aromatic rings. The molecule has 170 valence electrons. The summed E-state index contributed by atoms with van der Waals surface area (Å²) in [4.78, 5) is 38.4. The lowest BCUT2D eigenvalue weighted by molar-refractivity contribution is 0.0959. The largest absolute Gasteiger partial charge is 0.494 e. The van der Waals surface area contributed by atoms with Crippen molar-refractivity contribution in [1.29, 1.82) is 0 Å². The summed E-state index contributed by atoms with van der Waals surface area (Å²) in [6, 6.07) is 3.42. The fourth-order valence-corrected chi connectivity index (χ4v) is 4.45. The number of carbonyl (C=O) groups is 2. The summed E-state index contributed by atoms with van der Waals surface area (Å²) in [7, 11) is 1.52. The van der Waals surface area contributed by atoms with Gasteiger partial charge >= 0.3 is 0 Å². The Hall–Kier alpha value is -4.09. The molecule has 0 atom stereocenters. The zero-order valence-corrected chi connectivity index (χ0v) is 19.4. The molecule has 1 amide bonds. The molecule has 0 aliphatic carbocycles. The van der Waals surface area contributed by atoms with Gasteiger partial charge in [0.1, 0.15) is 16.4 Å². The molecule has 12 heteroatoms. The highest BCUT2D eigenvalue weighted by molar-refractivity contribution is 7.22. The Morgan fingerprint density at radius 3 is 2.74 bits per heavy atom. The van der Waals surface area contributed by atoms with Crippen LogP contribution in [0, 0.1) is 6.92 Å². The van der Waals surface area contributed by atoms with Crippen molar-refractivity contribution < 1.29 is 14.3 Å². The van der Waals surface area contributed by atoms with Gasteiger partial charge in [0.05, 0.1) is 35.3 Å². The molecule has 5 aromatic heterocycles. The maximum atomic E-state index is 13.2. The number of methoxy groups -OCH3 is 1. The minimum atomic E-state index is -0.392. The molecular weight excluding hydrogens is 478 g/mol. The van der Waals surface area contributed by atoms with Gasteiger partial charge in [-0.2, -0.15) is 5.10 Å². The number of hydrogen-bond donors (Lipinski definition) is 2. The van der Waals surface area contributed by atoms with Crippen molar-refractivity contribution in [2.24, 2.45) is 0 Å². The number of halogens is 1. The molecule has 5 rings (SSSR count). The second kappa shape index (κ2) is 8.69. The van der Waals surface area contributed by atoms with Crippen LogP contribution in [-0.2, 0) is 0 Å². The fraction of sp³-hybridized carbons (Fsp3) is 0.0909. The van der Waals surface area contributed by atoms with Crippen LogP contribution in [0.4, 0.5) is 5.13 Å². The number of carbonyl (C=O) groups excluding carboxylic acids is 2. The minimum Gasteiger partial charge on any atom is -0.494 e. The summed E-state index contributed by atoms with van der Waals surface area (Å²) in [5, 5.41) is 9.89. The Labute approximate surface area is 201 Å². The van der Waals surface area contributed by atoms with Crippen LogP contribution in [-0.4, -0.2) is 48.6 Å². The van der Waals surface area contributed by atoms with Gasteiger partial charge in [-0.15, -0.1) is 0 Å². The van der Waals surface area contributed by atoms with E-state index in [0.29, 0.717) is 38.7 Å². The maximum absolute atomic E-state index is 13.2. The first-order valence-corrected chi connectivity index (χ1v) is 11.1. The fourth-order valence-electron chi connectivity index (χ4n) is 3.43. The number of amides is 1. The van der Waals surface area contributed by atoms with E-state index >= 15 is 0 Å². The quantitative estimate of drug-likeness (QED) is 0.351. The number of ether oxygens (including phenoxy) is 1.